The van der Waals surface area contributed by atoms with Gasteiger partial charge in [-0.05, 0) is 47.4 Å². The molecule has 5 heteroatoms. The molecule has 18 heavy (non-hydrogen) atoms. The molecule has 1 saturated heterocycles. The Morgan fingerprint density at radius 2 is 2.22 bits per heavy atom. The van der Waals surface area contributed by atoms with E-state index in [0.717, 1.165) is 19.4 Å². The van der Waals surface area contributed by atoms with Crippen LogP contribution in [0.5, 0.6) is 0 Å². The van der Waals surface area contributed by atoms with E-state index >= 15 is 0 Å². The number of carbonyl (C=O) groups excluding carboxylic acids is 1. The molecule has 0 bridgehead atoms. The van der Waals surface area contributed by atoms with Crippen molar-refractivity contribution in [2.24, 2.45) is 0 Å². The maximum Gasteiger partial charge on any atom is 0.143 e. The number of Topliss-reactive ketones (excluding diaryl/α,β-unsaturated/α-hetero) is 1. The molecule has 0 aliphatic carbocycles. The number of hydrogen-bond donors (Lipinski definition) is 1. The lowest BCUT2D eigenvalue weighted by molar-refractivity contribution is -0.118. The van der Waals surface area contributed by atoms with Gasteiger partial charge in [0.05, 0.1) is 4.47 Å². The summed E-state index contributed by atoms with van der Waals surface area (Å²) in [6.07, 6.45) is 2.16. The summed E-state index contributed by atoms with van der Waals surface area (Å²) < 4.78 is 27.3. The van der Waals surface area contributed by atoms with Crippen molar-refractivity contribution in [1.29, 1.82) is 0 Å². The van der Waals surface area contributed by atoms with Crippen molar-refractivity contribution >= 4 is 21.7 Å². The number of halogens is 3. The third-order valence-corrected chi connectivity index (χ3v) is 3.76. The third kappa shape index (κ3) is 3.14. The monoisotopic (exact) mass is 317 g/mol. The van der Waals surface area contributed by atoms with Crippen LogP contribution in [0.2, 0.25) is 0 Å². The first kappa shape index (κ1) is 13.6. The maximum absolute atomic E-state index is 13.7. The minimum atomic E-state index is -0.678. The molecule has 2 nitrogen and oxygen atoms in total. The van der Waals surface area contributed by atoms with Crippen LogP contribution in [0.4, 0.5) is 8.78 Å². The van der Waals surface area contributed by atoms with E-state index in [1.807, 2.05) is 0 Å². The van der Waals surface area contributed by atoms with Gasteiger partial charge in [-0.1, -0.05) is 0 Å². The van der Waals surface area contributed by atoms with Gasteiger partial charge in [-0.3, -0.25) is 4.79 Å². The van der Waals surface area contributed by atoms with Gasteiger partial charge in [-0.2, -0.15) is 0 Å². The molecule has 1 aliphatic heterocycles. The van der Waals surface area contributed by atoms with Crippen LogP contribution >= 0.6 is 15.9 Å². The van der Waals surface area contributed by atoms with Gasteiger partial charge < -0.3 is 5.32 Å². The van der Waals surface area contributed by atoms with Gasteiger partial charge in [-0.15, -0.1) is 0 Å². The number of hydrogen-bond acceptors (Lipinski definition) is 2. The Bertz CT molecular complexity index is 459. The second kappa shape index (κ2) is 5.89. The van der Waals surface area contributed by atoms with Crippen molar-refractivity contribution in [3.63, 3.8) is 0 Å². The average Bonchev–Trinajstić information content (AvgIpc) is 2.82. The Morgan fingerprint density at radius 1 is 1.44 bits per heavy atom. The zero-order chi connectivity index (χ0) is 13.1. The Labute approximate surface area is 113 Å². The van der Waals surface area contributed by atoms with Gasteiger partial charge in [0.1, 0.15) is 17.4 Å². The fourth-order valence-corrected chi connectivity index (χ4v) is 2.58. The molecule has 1 atom stereocenters. The van der Waals surface area contributed by atoms with Crippen LogP contribution in [0.15, 0.2) is 16.6 Å². The van der Waals surface area contributed by atoms with E-state index < -0.39 is 11.6 Å². The lowest BCUT2D eigenvalue weighted by Gasteiger charge is -2.10. The molecule has 1 fully saturated rings. The molecule has 1 heterocycles. The van der Waals surface area contributed by atoms with E-state index in [-0.39, 0.29) is 28.3 Å². The minimum Gasteiger partial charge on any atom is -0.314 e. The highest BCUT2D eigenvalue weighted by Gasteiger charge is 2.20. The molecular formula is C13H14BrF2NO. The first-order valence-corrected chi connectivity index (χ1v) is 6.74. The first-order chi connectivity index (χ1) is 8.58. The standard InChI is InChI=1S/C13H14BrF2NO/c14-11-3-4-12(15)10(13(11)16)7-9(18)6-8-2-1-5-17-8/h3-4,8,17H,1-2,5-7H2. The maximum atomic E-state index is 13.7. The van der Waals surface area contributed by atoms with E-state index in [0.29, 0.717) is 6.42 Å². The zero-order valence-electron chi connectivity index (χ0n) is 9.81. The molecule has 1 unspecified atom stereocenters. The summed E-state index contributed by atoms with van der Waals surface area (Å²) in [5.41, 5.74) is -0.146. The van der Waals surface area contributed by atoms with Gasteiger partial charge >= 0.3 is 0 Å². The summed E-state index contributed by atoms with van der Waals surface area (Å²) in [4.78, 5) is 11.8. The van der Waals surface area contributed by atoms with Crippen LogP contribution in [0.3, 0.4) is 0 Å². The zero-order valence-corrected chi connectivity index (χ0v) is 11.4. The molecule has 2 rings (SSSR count). The minimum absolute atomic E-state index is 0.134. The Morgan fingerprint density at radius 3 is 2.89 bits per heavy atom. The fourth-order valence-electron chi connectivity index (χ4n) is 2.21. The number of benzene rings is 1. The molecule has 0 amide bonds. The summed E-state index contributed by atoms with van der Waals surface area (Å²) in [5, 5.41) is 3.20. The molecule has 1 N–H and O–H groups in total. The van der Waals surface area contributed by atoms with Crippen LogP contribution in [0, 0.1) is 11.6 Å². The summed E-state index contributed by atoms with van der Waals surface area (Å²) in [6, 6.07) is 2.64. The number of ketones is 1. The topological polar surface area (TPSA) is 29.1 Å². The van der Waals surface area contributed by atoms with Gasteiger partial charge in [-0.25, -0.2) is 8.78 Å². The molecule has 1 aliphatic rings. The van der Waals surface area contributed by atoms with Gasteiger partial charge in [0.25, 0.3) is 0 Å². The largest absolute Gasteiger partial charge is 0.314 e. The molecule has 0 radical (unpaired) electrons. The SMILES string of the molecule is O=C(Cc1c(F)ccc(Br)c1F)CC1CCCN1. The highest BCUT2D eigenvalue weighted by Crippen LogP contribution is 2.23. The summed E-state index contributed by atoms with van der Waals surface area (Å²) >= 11 is 2.99. The molecule has 0 spiro atoms. The molecule has 1 aromatic rings. The predicted octanol–water partition coefficient (Wildman–Crippen LogP) is 2.98. The van der Waals surface area contributed by atoms with Crippen molar-refractivity contribution in [2.45, 2.75) is 31.7 Å². The van der Waals surface area contributed by atoms with Crippen molar-refractivity contribution in [3.05, 3.63) is 33.8 Å². The average molecular weight is 318 g/mol. The lowest BCUT2D eigenvalue weighted by Crippen LogP contribution is -2.25. The molecule has 98 valence electrons. The smallest absolute Gasteiger partial charge is 0.143 e. The summed E-state index contributed by atoms with van der Waals surface area (Å²) in [6.45, 7) is 0.914. The number of carbonyl (C=O) groups is 1. The molecule has 0 aromatic heterocycles. The quantitative estimate of drug-likeness (QED) is 0.865. The van der Waals surface area contributed by atoms with E-state index in [2.05, 4.69) is 21.2 Å². The van der Waals surface area contributed by atoms with Crippen molar-refractivity contribution in [1.82, 2.24) is 5.32 Å². The lowest BCUT2D eigenvalue weighted by atomic mass is 10.0. The third-order valence-electron chi connectivity index (χ3n) is 3.15. The summed E-state index contributed by atoms with van der Waals surface area (Å²) in [7, 11) is 0. The summed E-state index contributed by atoms with van der Waals surface area (Å²) in [5.74, 6) is -1.48. The van der Waals surface area contributed by atoms with Gasteiger partial charge in [0, 0.05) is 24.4 Å². The second-order valence-corrected chi connectivity index (χ2v) is 5.39. The fraction of sp³-hybridized carbons (Fsp3) is 0.462. The van der Waals surface area contributed by atoms with Gasteiger partial charge in [0.15, 0.2) is 0 Å². The van der Waals surface area contributed by atoms with E-state index in [9.17, 15) is 13.6 Å². The van der Waals surface area contributed by atoms with Crippen molar-refractivity contribution in [2.75, 3.05) is 6.54 Å². The second-order valence-electron chi connectivity index (χ2n) is 4.53. The van der Waals surface area contributed by atoms with Crippen LogP contribution in [-0.4, -0.2) is 18.4 Å². The highest BCUT2D eigenvalue weighted by molar-refractivity contribution is 9.10. The Balaban J connectivity index is 2.04. The first-order valence-electron chi connectivity index (χ1n) is 5.95. The Kier molecular flexibility index (Phi) is 4.45. The molecule has 0 saturated carbocycles. The predicted molar refractivity (Wildman–Crippen MR) is 68.4 cm³/mol. The van der Waals surface area contributed by atoms with Gasteiger partial charge in [0.2, 0.25) is 0 Å². The van der Waals surface area contributed by atoms with E-state index in [4.69, 9.17) is 0 Å². The number of rotatable bonds is 4. The molecule has 1 aromatic carbocycles. The number of nitrogens with one attached hydrogen (secondary N) is 1. The van der Waals surface area contributed by atoms with Crippen LogP contribution in [0.25, 0.3) is 0 Å². The highest BCUT2D eigenvalue weighted by atomic mass is 79.9. The van der Waals surface area contributed by atoms with Crippen molar-refractivity contribution < 1.29 is 13.6 Å². The van der Waals surface area contributed by atoms with Crippen LogP contribution in [-0.2, 0) is 11.2 Å². The normalized spacial score (nSPS) is 19.2. The van der Waals surface area contributed by atoms with Crippen molar-refractivity contribution in [3.8, 4) is 0 Å². The van der Waals surface area contributed by atoms with Crippen LogP contribution in [0.1, 0.15) is 24.8 Å². The van der Waals surface area contributed by atoms with Crippen LogP contribution < -0.4 is 5.32 Å². The molecular weight excluding hydrogens is 304 g/mol. The Hall–Kier alpha value is -0.810. The van der Waals surface area contributed by atoms with E-state index in [1.165, 1.54) is 12.1 Å². The van der Waals surface area contributed by atoms with E-state index in [1.54, 1.807) is 0 Å².